The number of aromatic nitrogens is 1. The van der Waals surface area contributed by atoms with Crippen LogP contribution in [0.3, 0.4) is 0 Å². The number of hydrogen-bond donors (Lipinski definition) is 3. The standard InChI is InChI=1S/C36H45N5O8S2/c1-47-24-11-8-10-23(17-24)37-29-12-7-5-3-4-6-9-22-20-36(22,34(44)40-51(45,46)27-14-15-27)39-32(42)30-18-26(21-41(30)33(29)43)49-35-38-28-16-13-25(48-2)19-31(28)50-35/h8,10-11,13,16-17,19,22,26-27,29-30,37H,3-7,9,12,14-15,18,20-21H2,1-2H3,(H,39,42)(H,40,44)/t22-,26-,29+,30+,36-/m1/s1. The number of thiazole rings is 1. The molecule has 4 fully saturated rings. The molecule has 51 heavy (non-hydrogen) atoms. The zero-order valence-corrected chi connectivity index (χ0v) is 30.5. The van der Waals surface area contributed by atoms with Crippen molar-refractivity contribution in [2.75, 3.05) is 26.1 Å². The Bertz CT molecular complexity index is 1900. The molecule has 3 N–H and O–H groups in total. The summed E-state index contributed by atoms with van der Waals surface area (Å²) in [5, 5.41) is 6.22. The highest BCUT2D eigenvalue weighted by atomic mass is 32.2. The summed E-state index contributed by atoms with van der Waals surface area (Å²) in [6.07, 6.45) is 6.73. The first-order valence-electron chi connectivity index (χ1n) is 17.8. The summed E-state index contributed by atoms with van der Waals surface area (Å²) in [4.78, 5) is 48.8. The van der Waals surface area contributed by atoms with Crippen molar-refractivity contribution in [3.63, 3.8) is 0 Å². The van der Waals surface area contributed by atoms with Crippen LogP contribution in [0.1, 0.15) is 70.6 Å². The summed E-state index contributed by atoms with van der Waals surface area (Å²) in [7, 11) is -0.640. The van der Waals surface area contributed by atoms with Crippen LogP contribution in [0.25, 0.3) is 10.2 Å². The number of carbonyl (C=O) groups excluding carboxylic acids is 3. The van der Waals surface area contributed by atoms with Gasteiger partial charge in [0.05, 0.1) is 36.2 Å². The van der Waals surface area contributed by atoms with Crippen LogP contribution in [0.5, 0.6) is 16.7 Å². The molecule has 3 aromatic rings. The second kappa shape index (κ2) is 14.5. The van der Waals surface area contributed by atoms with Gasteiger partial charge in [-0.05, 0) is 68.4 Å². The molecule has 0 radical (unpaired) electrons. The van der Waals surface area contributed by atoms with Crippen molar-refractivity contribution < 1.29 is 37.0 Å². The average Bonchev–Trinajstić information content (AvgIpc) is 4.01. The molecule has 3 heterocycles. The molecule has 0 unspecified atom stereocenters. The van der Waals surface area contributed by atoms with Crippen LogP contribution < -0.4 is 29.6 Å². The molecule has 274 valence electrons. The molecule has 2 aliphatic carbocycles. The third kappa shape index (κ3) is 7.74. The van der Waals surface area contributed by atoms with E-state index >= 15 is 0 Å². The Labute approximate surface area is 301 Å². The van der Waals surface area contributed by atoms with Crippen molar-refractivity contribution in [1.29, 1.82) is 0 Å². The third-order valence-electron chi connectivity index (χ3n) is 10.5. The lowest BCUT2D eigenvalue weighted by Gasteiger charge is -2.30. The van der Waals surface area contributed by atoms with E-state index in [9.17, 15) is 22.8 Å². The zero-order chi connectivity index (χ0) is 35.8. The van der Waals surface area contributed by atoms with Gasteiger partial charge in [0.2, 0.25) is 21.8 Å². The van der Waals surface area contributed by atoms with Gasteiger partial charge in [0.1, 0.15) is 35.2 Å². The number of amides is 3. The topological polar surface area (TPSA) is 165 Å². The summed E-state index contributed by atoms with van der Waals surface area (Å²) >= 11 is 1.35. The molecule has 15 heteroatoms. The van der Waals surface area contributed by atoms with Gasteiger partial charge in [-0.15, -0.1) is 0 Å². The van der Waals surface area contributed by atoms with Crippen LogP contribution in [0.4, 0.5) is 5.69 Å². The Kier molecular flexibility index (Phi) is 10.0. The third-order valence-corrected chi connectivity index (χ3v) is 13.2. The molecule has 0 spiro atoms. The molecule has 4 aliphatic rings. The van der Waals surface area contributed by atoms with Crippen LogP contribution in [0, 0.1) is 5.92 Å². The lowest BCUT2D eigenvalue weighted by Crippen LogP contribution is -2.57. The largest absolute Gasteiger partial charge is 0.497 e. The van der Waals surface area contributed by atoms with E-state index in [2.05, 4.69) is 20.3 Å². The Hall–Kier alpha value is -4.11. The van der Waals surface area contributed by atoms with Gasteiger partial charge in [0, 0.05) is 18.2 Å². The van der Waals surface area contributed by atoms with E-state index in [1.165, 1.54) is 11.3 Å². The molecule has 0 bridgehead atoms. The quantitative estimate of drug-likeness (QED) is 0.287. The van der Waals surface area contributed by atoms with E-state index in [4.69, 9.17) is 14.2 Å². The number of nitrogens with zero attached hydrogens (tertiary/aromatic N) is 2. The molecule has 2 saturated carbocycles. The lowest BCUT2D eigenvalue weighted by molar-refractivity contribution is -0.140. The zero-order valence-electron chi connectivity index (χ0n) is 28.9. The molecule has 1 aromatic heterocycles. The van der Waals surface area contributed by atoms with Gasteiger partial charge in [0.25, 0.3) is 11.1 Å². The number of benzene rings is 2. The summed E-state index contributed by atoms with van der Waals surface area (Å²) < 4.78 is 45.9. The smallest absolute Gasteiger partial charge is 0.274 e. The van der Waals surface area contributed by atoms with E-state index in [1.54, 1.807) is 19.1 Å². The van der Waals surface area contributed by atoms with Crippen LogP contribution in [0.2, 0.25) is 0 Å². The van der Waals surface area contributed by atoms with Gasteiger partial charge in [0.15, 0.2) is 0 Å². The maximum atomic E-state index is 14.6. The number of nitrogens with one attached hydrogen (secondary N) is 3. The highest BCUT2D eigenvalue weighted by molar-refractivity contribution is 7.91. The molecular weight excluding hydrogens is 695 g/mol. The molecule has 13 nitrogen and oxygen atoms in total. The van der Waals surface area contributed by atoms with Crippen molar-refractivity contribution in [2.45, 2.75) is 99.6 Å². The molecule has 3 amide bonds. The highest BCUT2D eigenvalue weighted by Gasteiger charge is 2.62. The van der Waals surface area contributed by atoms with E-state index in [0.717, 1.165) is 48.0 Å². The van der Waals surface area contributed by atoms with Crippen molar-refractivity contribution in [3.05, 3.63) is 42.5 Å². The lowest BCUT2D eigenvalue weighted by atomic mass is 10.0. The fourth-order valence-electron chi connectivity index (χ4n) is 7.37. The number of hydrogen-bond acceptors (Lipinski definition) is 11. The Morgan fingerprint density at radius 3 is 2.49 bits per heavy atom. The maximum Gasteiger partial charge on any atom is 0.274 e. The monoisotopic (exact) mass is 739 g/mol. The molecule has 7 rings (SSSR count). The summed E-state index contributed by atoms with van der Waals surface area (Å²) in [5.41, 5.74) is 0.114. The minimum Gasteiger partial charge on any atom is -0.497 e. The second-order valence-corrected chi connectivity index (χ2v) is 17.1. The predicted octanol–water partition coefficient (Wildman–Crippen LogP) is 4.37. The van der Waals surface area contributed by atoms with Gasteiger partial charge < -0.3 is 29.7 Å². The number of ether oxygens (including phenoxy) is 3. The summed E-state index contributed by atoms with van der Waals surface area (Å²) in [6, 6.07) is 11.3. The van der Waals surface area contributed by atoms with Crippen LogP contribution in [-0.2, 0) is 24.4 Å². The minimum atomic E-state index is -3.82. The minimum absolute atomic E-state index is 0.130. The highest BCUT2D eigenvalue weighted by Crippen LogP contribution is 2.48. The van der Waals surface area contributed by atoms with Gasteiger partial charge in [-0.3, -0.25) is 19.1 Å². The maximum absolute atomic E-state index is 14.6. The number of fused-ring (bicyclic) bond motifs is 3. The fourth-order valence-corrected chi connectivity index (χ4v) is 9.64. The molecule has 2 aromatic carbocycles. The number of methoxy groups -OCH3 is 2. The fraction of sp³-hybridized carbons (Fsp3) is 0.556. The Morgan fingerprint density at radius 1 is 0.980 bits per heavy atom. The number of carbonyl (C=O) groups is 3. The summed E-state index contributed by atoms with van der Waals surface area (Å²) in [6.45, 7) is 0.130. The van der Waals surface area contributed by atoms with Crippen molar-refractivity contribution in [1.82, 2.24) is 19.9 Å². The van der Waals surface area contributed by atoms with Crippen molar-refractivity contribution in [2.24, 2.45) is 5.92 Å². The van der Waals surface area contributed by atoms with Crippen LogP contribution in [0.15, 0.2) is 42.5 Å². The molecular formula is C36H45N5O8S2. The van der Waals surface area contributed by atoms with Crippen LogP contribution in [-0.4, -0.2) is 85.8 Å². The summed E-state index contributed by atoms with van der Waals surface area (Å²) in [5.74, 6) is -0.294. The van der Waals surface area contributed by atoms with Gasteiger partial charge in [-0.2, -0.15) is 0 Å². The van der Waals surface area contributed by atoms with E-state index in [1.807, 2.05) is 42.5 Å². The first kappa shape index (κ1) is 35.3. The van der Waals surface area contributed by atoms with Gasteiger partial charge in [-0.25, -0.2) is 13.4 Å². The van der Waals surface area contributed by atoms with Gasteiger partial charge >= 0.3 is 0 Å². The molecule has 5 atom stereocenters. The normalized spacial score (nSPS) is 27.3. The van der Waals surface area contributed by atoms with E-state index in [0.29, 0.717) is 48.8 Å². The Balaban J connectivity index is 1.17. The van der Waals surface area contributed by atoms with Crippen LogP contribution >= 0.6 is 11.3 Å². The van der Waals surface area contributed by atoms with Crippen molar-refractivity contribution in [3.8, 4) is 16.7 Å². The van der Waals surface area contributed by atoms with Crippen molar-refractivity contribution >= 4 is 55.0 Å². The van der Waals surface area contributed by atoms with Gasteiger partial charge in [-0.1, -0.05) is 49.5 Å². The molecule has 2 aliphatic heterocycles. The number of anilines is 1. The molecule has 2 saturated heterocycles. The number of sulfonamides is 1. The Morgan fingerprint density at radius 2 is 1.73 bits per heavy atom. The predicted molar refractivity (Wildman–Crippen MR) is 192 cm³/mol. The first-order chi connectivity index (χ1) is 24.6. The van der Waals surface area contributed by atoms with E-state index < -0.39 is 50.8 Å². The average molecular weight is 740 g/mol. The number of rotatable bonds is 9. The SMILES string of the molecule is COc1cccc(N[C@H]2CCCCCCC[C@@H]3C[C@@]3(C(=O)NS(=O)(=O)C3CC3)NC(=O)[C@@H]3C[C@@H](Oc4nc5ccc(OC)cc5s4)CN3C2=O)c1. The first-order valence-corrected chi connectivity index (χ1v) is 20.2. The van der Waals surface area contributed by atoms with E-state index in [-0.39, 0.29) is 24.8 Å². The second-order valence-electron chi connectivity index (χ2n) is 14.1.